The number of pyridine rings is 1. The summed E-state index contributed by atoms with van der Waals surface area (Å²) < 4.78 is 0. The van der Waals surface area contributed by atoms with E-state index in [0.717, 1.165) is 0 Å². The second-order valence-electron chi connectivity index (χ2n) is 2.08. The van der Waals surface area contributed by atoms with Gasteiger partial charge in [0.05, 0.1) is 0 Å². The number of aromatic hydroxyl groups is 1. The fourth-order valence-corrected chi connectivity index (χ4v) is 1.01. The van der Waals surface area contributed by atoms with E-state index in [4.69, 9.17) is 5.11 Å². The van der Waals surface area contributed by atoms with Crippen molar-refractivity contribution in [2.75, 3.05) is 0 Å². The average Bonchev–Trinajstić information content (AvgIpc) is 2.03. The molecule has 12 heavy (non-hydrogen) atoms. The van der Waals surface area contributed by atoms with Gasteiger partial charge >= 0.3 is 5.82 Å². The fourth-order valence-electron chi connectivity index (χ4n) is 0.701. The van der Waals surface area contributed by atoms with E-state index >= 15 is 0 Å². The van der Waals surface area contributed by atoms with Crippen molar-refractivity contribution in [1.82, 2.24) is 4.98 Å². The van der Waals surface area contributed by atoms with Crippen LogP contribution in [0.2, 0.25) is 0 Å². The Kier molecular flexibility index (Phi) is 2.59. The van der Waals surface area contributed by atoms with Crippen LogP contribution in [0.5, 0.6) is 5.75 Å². The van der Waals surface area contributed by atoms with E-state index in [2.05, 4.69) is 20.9 Å². The molecule has 1 aromatic rings. The maximum atomic E-state index is 10.2. The first-order valence-corrected chi connectivity index (χ1v) is 4.15. The Morgan fingerprint density at radius 2 is 2.42 bits per heavy atom. The smallest absolute Gasteiger partial charge is 0.405 e. The van der Waals surface area contributed by atoms with Crippen molar-refractivity contribution in [1.29, 1.82) is 0 Å². The molecule has 1 N–H and O–H groups in total. The minimum absolute atomic E-state index is 0.406. The van der Waals surface area contributed by atoms with Gasteiger partial charge in [-0.05, 0) is 16.0 Å². The van der Waals surface area contributed by atoms with E-state index in [-0.39, 0.29) is 0 Å². The molecular weight excluding hydrogens is 228 g/mol. The highest BCUT2D eigenvalue weighted by molar-refractivity contribution is 9.08. The van der Waals surface area contributed by atoms with Crippen LogP contribution in [0.4, 0.5) is 5.82 Å². The zero-order chi connectivity index (χ0) is 9.14. The first-order chi connectivity index (χ1) is 5.65. The highest BCUT2D eigenvalue weighted by Gasteiger charge is 2.14. The van der Waals surface area contributed by atoms with E-state index in [1.54, 1.807) is 0 Å². The number of rotatable bonds is 2. The number of hydrogen-bond acceptors (Lipinski definition) is 4. The summed E-state index contributed by atoms with van der Waals surface area (Å²) in [5.41, 5.74) is 0.693. The maximum Gasteiger partial charge on any atom is 0.405 e. The highest BCUT2D eigenvalue weighted by atomic mass is 79.9. The number of aromatic nitrogens is 1. The quantitative estimate of drug-likeness (QED) is 0.478. The summed E-state index contributed by atoms with van der Waals surface area (Å²) in [5.74, 6) is -0.920. The molecule has 0 aliphatic heterocycles. The molecule has 0 fully saturated rings. The van der Waals surface area contributed by atoms with Crippen LogP contribution in [0.1, 0.15) is 5.56 Å². The normalized spacial score (nSPS) is 9.75. The minimum atomic E-state index is -0.729. The van der Waals surface area contributed by atoms with Crippen molar-refractivity contribution in [2.45, 2.75) is 5.33 Å². The van der Waals surface area contributed by atoms with Gasteiger partial charge in [-0.1, -0.05) is 15.9 Å². The summed E-state index contributed by atoms with van der Waals surface area (Å²) in [6.07, 6.45) is 1.34. The molecule has 0 aliphatic rings. The Hall–Kier alpha value is -1.17. The third-order valence-electron chi connectivity index (χ3n) is 1.23. The Morgan fingerprint density at radius 1 is 1.75 bits per heavy atom. The molecule has 1 aromatic heterocycles. The Morgan fingerprint density at radius 3 is 2.83 bits per heavy atom. The molecule has 5 nitrogen and oxygen atoms in total. The minimum Gasteiger partial charge on any atom is -0.501 e. The third-order valence-corrected chi connectivity index (χ3v) is 1.88. The van der Waals surface area contributed by atoms with Crippen LogP contribution in [0.3, 0.4) is 0 Å². The molecule has 1 rings (SSSR count). The van der Waals surface area contributed by atoms with Crippen LogP contribution in [0, 0.1) is 10.1 Å². The summed E-state index contributed by atoms with van der Waals surface area (Å²) in [6, 6.07) is 1.31. The number of halogens is 1. The van der Waals surface area contributed by atoms with Gasteiger partial charge in [-0.2, -0.15) is 0 Å². The molecular formula is C6H5BrN2O3. The maximum absolute atomic E-state index is 10.2. The predicted octanol–water partition coefficient (Wildman–Crippen LogP) is 1.59. The summed E-state index contributed by atoms with van der Waals surface area (Å²) >= 11 is 3.13. The predicted molar refractivity (Wildman–Crippen MR) is 45.2 cm³/mol. The van der Waals surface area contributed by atoms with Gasteiger partial charge in [0.25, 0.3) is 0 Å². The van der Waals surface area contributed by atoms with Gasteiger partial charge < -0.3 is 15.2 Å². The molecule has 0 spiro atoms. The summed E-state index contributed by atoms with van der Waals surface area (Å²) in [7, 11) is 0. The van der Waals surface area contributed by atoms with E-state index < -0.39 is 16.5 Å². The van der Waals surface area contributed by atoms with Crippen LogP contribution in [-0.2, 0) is 5.33 Å². The lowest BCUT2D eigenvalue weighted by atomic mass is 10.3. The van der Waals surface area contributed by atoms with Crippen molar-refractivity contribution >= 4 is 21.7 Å². The lowest BCUT2D eigenvalue weighted by molar-refractivity contribution is -0.390. The van der Waals surface area contributed by atoms with Crippen molar-refractivity contribution < 1.29 is 10.0 Å². The van der Waals surface area contributed by atoms with Gasteiger partial charge in [0.2, 0.25) is 5.75 Å². The van der Waals surface area contributed by atoms with Crippen LogP contribution in [0.25, 0.3) is 0 Å². The van der Waals surface area contributed by atoms with Gasteiger partial charge in [-0.15, -0.1) is 0 Å². The van der Waals surface area contributed by atoms with Gasteiger partial charge in [-0.25, -0.2) is 0 Å². The number of nitrogens with zero attached hydrogens (tertiary/aromatic N) is 2. The zero-order valence-electron chi connectivity index (χ0n) is 5.90. The topological polar surface area (TPSA) is 76.3 Å². The van der Waals surface area contributed by atoms with Gasteiger partial charge in [0.15, 0.2) is 0 Å². The average molecular weight is 233 g/mol. The SMILES string of the molecule is O=[N+]([O-])c1ncc(CBr)cc1O. The summed E-state index contributed by atoms with van der Waals surface area (Å²) in [4.78, 5) is 12.9. The third kappa shape index (κ3) is 1.70. The molecule has 64 valence electrons. The molecule has 0 bridgehead atoms. The molecule has 0 amide bonds. The van der Waals surface area contributed by atoms with E-state index in [0.29, 0.717) is 10.9 Å². The highest BCUT2D eigenvalue weighted by Crippen LogP contribution is 2.23. The van der Waals surface area contributed by atoms with Gasteiger partial charge in [0, 0.05) is 10.9 Å². The second-order valence-corrected chi connectivity index (χ2v) is 2.64. The second kappa shape index (κ2) is 3.48. The van der Waals surface area contributed by atoms with Crippen LogP contribution < -0.4 is 0 Å². The Bertz CT molecular complexity index is 316. The fraction of sp³-hybridized carbons (Fsp3) is 0.167. The standard InChI is InChI=1S/C6H5BrN2O3/c7-2-4-1-5(10)6(8-3-4)9(11)12/h1,3,10H,2H2. The lowest BCUT2D eigenvalue weighted by Crippen LogP contribution is -1.93. The van der Waals surface area contributed by atoms with Crippen LogP contribution >= 0.6 is 15.9 Å². The van der Waals surface area contributed by atoms with Crippen molar-refractivity contribution in [3.63, 3.8) is 0 Å². The molecule has 0 aromatic carbocycles. The monoisotopic (exact) mass is 232 g/mol. The van der Waals surface area contributed by atoms with Crippen molar-refractivity contribution in [3.8, 4) is 5.75 Å². The van der Waals surface area contributed by atoms with Crippen LogP contribution in [-0.4, -0.2) is 15.0 Å². The molecule has 0 atom stereocenters. The molecule has 0 radical (unpaired) electrons. The van der Waals surface area contributed by atoms with E-state index in [9.17, 15) is 10.1 Å². The number of alkyl halides is 1. The zero-order valence-corrected chi connectivity index (χ0v) is 7.48. The van der Waals surface area contributed by atoms with Gasteiger partial charge in [0.1, 0.15) is 6.20 Å². The number of nitro groups is 1. The summed E-state index contributed by atoms with van der Waals surface area (Å²) in [5, 5.41) is 19.8. The molecule has 0 saturated carbocycles. The first-order valence-electron chi connectivity index (χ1n) is 3.03. The lowest BCUT2D eigenvalue weighted by Gasteiger charge is -1.96. The Labute approximate surface area is 76.3 Å². The first kappa shape index (κ1) is 8.92. The molecule has 0 unspecified atom stereocenters. The van der Waals surface area contributed by atoms with Crippen molar-refractivity contribution in [3.05, 3.63) is 27.9 Å². The number of hydrogen-bond donors (Lipinski definition) is 1. The van der Waals surface area contributed by atoms with E-state index in [1.807, 2.05) is 0 Å². The molecule has 0 aliphatic carbocycles. The molecule has 0 saturated heterocycles. The van der Waals surface area contributed by atoms with Crippen molar-refractivity contribution in [2.24, 2.45) is 0 Å². The Balaban J connectivity index is 3.12. The molecule has 1 heterocycles. The molecule has 6 heteroatoms. The summed E-state index contributed by atoms with van der Waals surface area (Å²) in [6.45, 7) is 0. The van der Waals surface area contributed by atoms with Gasteiger partial charge in [-0.3, -0.25) is 0 Å². The largest absolute Gasteiger partial charge is 0.501 e. The van der Waals surface area contributed by atoms with Crippen LogP contribution in [0.15, 0.2) is 12.3 Å². The van der Waals surface area contributed by atoms with E-state index in [1.165, 1.54) is 12.3 Å².